The molecular formula is C29H27NO10. The molecule has 0 bridgehead atoms. The van der Waals surface area contributed by atoms with Gasteiger partial charge in [0.2, 0.25) is 12.2 Å². The molecule has 0 fully saturated rings. The molecule has 0 radical (unpaired) electrons. The smallest absolute Gasteiger partial charge is 0.349 e. The van der Waals surface area contributed by atoms with Crippen molar-refractivity contribution in [1.29, 1.82) is 0 Å². The molecule has 0 aromatic heterocycles. The van der Waals surface area contributed by atoms with Crippen molar-refractivity contribution < 1.29 is 48.8 Å². The van der Waals surface area contributed by atoms with Gasteiger partial charge in [-0.25, -0.2) is 19.2 Å². The van der Waals surface area contributed by atoms with Crippen LogP contribution in [0.5, 0.6) is 0 Å². The summed E-state index contributed by atoms with van der Waals surface area (Å²) in [5.41, 5.74) is 9.23. The summed E-state index contributed by atoms with van der Waals surface area (Å²) in [6.07, 6.45) is -2.53. The van der Waals surface area contributed by atoms with E-state index in [-0.39, 0.29) is 23.6 Å². The molecule has 3 aromatic rings. The Morgan fingerprint density at radius 2 is 1.15 bits per heavy atom. The molecule has 3 atom stereocenters. The van der Waals surface area contributed by atoms with Crippen LogP contribution >= 0.6 is 0 Å². The monoisotopic (exact) mass is 549 g/mol. The van der Waals surface area contributed by atoms with Gasteiger partial charge in [-0.1, -0.05) is 54.6 Å². The van der Waals surface area contributed by atoms with Gasteiger partial charge in [0.15, 0.2) is 0 Å². The Kier molecular flexibility index (Phi) is 10.1. The number of benzene rings is 3. The van der Waals surface area contributed by atoms with Gasteiger partial charge in [-0.15, -0.1) is 0 Å². The highest BCUT2D eigenvalue weighted by Crippen LogP contribution is 2.22. The zero-order valence-corrected chi connectivity index (χ0v) is 21.1. The van der Waals surface area contributed by atoms with E-state index in [0.29, 0.717) is 0 Å². The summed E-state index contributed by atoms with van der Waals surface area (Å²) in [4.78, 5) is 57.4. The average Bonchev–Trinajstić information content (AvgIpc) is 3.30. The van der Waals surface area contributed by atoms with Crippen LogP contribution in [-0.2, 0) is 43.1 Å². The molecule has 0 heterocycles. The number of fused-ring (bicyclic) bond motifs is 1. The largest absolute Gasteiger partial charge is 0.481 e. The lowest BCUT2D eigenvalue weighted by Crippen LogP contribution is -2.45. The summed E-state index contributed by atoms with van der Waals surface area (Å²) in [7, 11) is 0. The first-order valence-electron chi connectivity index (χ1n) is 12.1. The molecule has 5 N–H and O–H groups in total. The highest BCUT2D eigenvalue weighted by Gasteiger charge is 2.41. The number of carbonyl (C=O) groups is 5. The van der Waals surface area contributed by atoms with E-state index in [1.165, 1.54) is 59.7 Å². The number of carbonyl (C=O) groups excluding carboxylic acids is 2. The van der Waals surface area contributed by atoms with Crippen LogP contribution in [0.25, 0.3) is 0 Å². The van der Waals surface area contributed by atoms with Crippen LogP contribution in [0.4, 0.5) is 0 Å². The number of hydrogen-bond acceptors (Lipinski definition) is 8. The third kappa shape index (κ3) is 8.23. The first-order valence-corrected chi connectivity index (χ1v) is 12.1. The summed E-state index contributed by atoms with van der Waals surface area (Å²) in [6, 6.07) is 20.9. The molecular weight excluding hydrogens is 522 g/mol. The van der Waals surface area contributed by atoms with E-state index in [4.69, 9.17) is 20.3 Å². The van der Waals surface area contributed by atoms with Crippen molar-refractivity contribution in [1.82, 2.24) is 0 Å². The van der Waals surface area contributed by atoms with Crippen molar-refractivity contribution in [3.63, 3.8) is 0 Å². The van der Waals surface area contributed by atoms with Crippen LogP contribution in [0, 0.1) is 0 Å². The SMILES string of the molecule is NC1Cc2ccc(CC(=O)O)cc2C1.O=C(O[C@@H](C(=O)O)[C@@H](OC(=O)c1ccccc1)C(=O)O)c1ccccc1. The molecule has 208 valence electrons. The molecule has 0 saturated heterocycles. The lowest BCUT2D eigenvalue weighted by molar-refractivity contribution is -0.166. The molecule has 0 saturated carbocycles. The number of hydrogen-bond donors (Lipinski definition) is 4. The normalized spacial score (nSPS) is 14.9. The fourth-order valence-corrected chi connectivity index (χ4v) is 3.99. The van der Waals surface area contributed by atoms with Crippen LogP contribution in [0.3, 0.4) is 0 Å². The molecule has 0 spiro atoms. The lowest BCUT2D eigenvalue weighted by atomic mass is 10.0. The van der Waals surface area contributed by atoms with Gasteiger partial charge in [-0.05, 0) is 53.8 Å². The van der Waals surface area contributed by atoms with Crippen LogP contribution in [-0.4, -0.2) is 63.4 Å². The quantitative estimate of drug-likeness (QED) is 0.287. The van der Waals surface area contributed by atoms with E-state index >= 15 is 0 Å². The van der Waals surface area contributed by atoms with E-state index in [2.05, 4.69) is 0 Å². The number of nitrogens with two attached hydrogens (primary N) is 1. The van der Waals surface area contributed by atoms with Gasteiger partial charge in [0.05, 0.1) is 17.5 Å². The zero-order chi connectivity index (χ0) is 29.2. The Morgan fingerprint density at radius 3 is 1.57 bits per heavy atom. The van der Waals surface area contributed by atoms with Crippen molar-refractivity contribution in [3.05, 3.63) is 107 Å². The summed E-state index contributed by atoms with van der Waals surface area (Å²) in [6.45, 7) is 0. The van der Waals surface area contributed by atoms with Crippen molar-refractivity contribution >= 4 is 29.8 Å². The Hall–Kier alpha value is -5.03. The second-order valence-corrected chi connectivity index (χ2v) is 8.90. The summed E-state index contributed by atoms with van der Waals surface area (Å²) in [5.74, 6) is -6.42. The van der Waals surface area contributed by atoms with Gasteiger partial charge in [-0.2, -0.15) is 0 Å². The van der Waals surface area contributed by atoms with Gasteiger partial charge in [0, 0.05) is 6.04 Å². The minimum Gasteiger partial charge on any atom is -0.481 e. The molecule has 40 heavy (non-hydrogen) atoms. The number of esters is 2. The number of aliphatic carboxylic acids is 3. The molecule has 11 nitrogen and oxygen atoms in total. The maximum Gasteiger partial charge on any atom is 0.349 e. The van der Waals surface area contributed by atoms with Crippen LogP contribution < -0.4 is 5.73 Å². The predicted molar refractivity (Wildman–Crippen MR) is 140 cm³/mol. The minimum absolute atomic E-state index is 0.0253. The average molecular weight is 550 g/mol. The van der Waals surface area contributed by atoms with Crippen LogP contribution in [0.15, 0.2) is 78.9 Å². The molecule has 11 heteroatoms. The van der Waals surface area contributed by atoms with Crippen molar-refractivity contribution in [2.45, 2.75) is 37.5 Å². The molecule has 1 aliphatic rings. The summed E-state index contributed by atoms with van der Waals surface area (Å²) < 4.78 is 9.52. The van der Waals surface area contributed by atoms with Gasteiger partial charge in [0.1, 0.15) is 0 Å². The number of carboxylic acid groups (broad SMARTS) is 3. The molecule has 1 aliphatic carbocycles. The summed E-state index contributed by atoms with van der Waals surface area (Å²) in [5, 5.41) is 27.1. The van der Waals surface area contributed by atoms with E-state index in [1.807, 2.05) is 18.2 Å². The van der Waals surface area contributed by atoms with E-state index in [1.54, 1.807) is 12.1 Å². The van der Waals surface area contributed by atoms with E-state index in [0.717, 1.165) is 18.4 Å². The first-order chi connectivity index (χ1) is 19.0. The Balaban J connectivity index is 0.000000263. The molecule has 1 unspecified atom stereocenters. The van der Waals surface area contributed by atoms with Gasteiger partial charge < -0.3 is 30.5 Å². The van der Waals surface area contributed by atoms with Gasteiger partial charge in [0.25, 0.3) is 0 Å². The number of rotatable bonds is 9. The Bertz CT molecular complexity index is 1300. The summed E-state index contributed by atoms with van der Waals surface area (Å²) >= 11 is 0. The minimum atomic E-state index is -2.21. The molecule has 0 amide bonds. The maximum absolute atomic E-state index is 12.0. The Labute approximate surface area is 228 Å². The topological polar surface area (TPSA) is 191 Å². The standard InChI is InChI=1S/C18H14O8.C11H13NO2/c19-15(20)13(25-17(23)11-7-3-1-4-8-11)14(16(21)22)26-18(24)12-9-5-2-6-10-12;12-10-5-8-2-1-7(4-11(13)14)3-9(8)6-10/h1-10,13-14H,(H,19,20)(H,21,22);1-3,10H,4-6,12H2,(H,13,14)/t13-,14-;/m1./s1. The molecule has 0 aliphatic heterocycles. The third-order valence-corrected chi connectivity index (χ3v) is 5.84. The highest BCUT2D eigenvalue weighted by atomic mass is 16.6. The van der Waals surface area contributed by atoms with Crippen molar-refractivity contribution in [2.75, 3.05) is 0 Å². The zero-order valence-electron chi connectivity index (χ0n) is 21.1. The van der Waals surface area contributed by atoms with Gasteiger partial charge in [-0.3, -0.25) is 4.79 Å². The second-order valence-electron chi connectivity index (χ2n) is 8.90. The van der Waals surface area contributed by atoms with E-state index < -0.39 is 42.1 Å². The lowest BCUT2D eigenvalue weighted by Gasteiger charge is -2.21. The Morgan fingerprint density at radius 1 is 0.700 bits per heavy atom. The van der Waals surface area contributed by atoms with Crippen LogP contribution in [0.2, 0.25) is 0 Å². The first kappa shape index (κ1) is 29.5. The molecule has 3 aromatic carbocycles. The van der Waals surface area contributed by atoms with Gasteiger partial charge >= 0.3 is 29.8 Å². The fourth-order valence-electron chi connectivity index (χ4n) is 3.99. The fraction of sp³-hybridized carbons (Fsp3) is 0.207. The number of carboxylic acids is 3. The highest BCUT2D eigenvalue weighted by molar-refractivity contribution is 5.95. The van der Waals surface area contributed by atoms with Crippen molar-refractivity contribution in [2.24, 2.45) is 5.73 Å². The van der Waals surface area contributed by atoms with E-state index in [9.17, 15) is 34.2 Å². The van der Waals surface area contributed by atoms with Crippen LogP contribution in [0.1, 0.15) is 37.4 Å². The number of ether oxygens (including phenoxy) is 2. The second kappa shape index (κ2) is 13.7. The third-order valence-electron chi connectivity index (χ3n) is 5.84. The maximum atomic E-state index is 12.0. The molecule has 4 rings (SSSR count). The van der Waals surface area contributed by atoms with Crippen molar-refractivity contribution in [3.8, 4) is 0 Å². The predicted octanol–water partition coefficient (Wildman–Crippen LogP) is 2.35.